The number of rotatable bonds is 3. The Labute approximate surface area is 86.9 Å². The van der Waals surface area contributed by atoms with E-state index in [9.17, 15) is 14.7 Å². The third kappa shape index (κ3) is 2.70. The summed E-state index contributed by atoms with van der Waals surface area (Å²) in [6, 6.07) is 4.60. The van der Waals surface area contributed by atoms with Crippen molar-refractivity contribution in [3.63, 3.8) is 0 Å². The van der Waals surface area contributed by atoms with Gasteiger partial charge in [-0.05, 0) is 19.1 Å². The van der Waals surface area contributed by atoms with Crippen LogP contribution in [0.3, 0.4) is 0 Å². The molecule has 0 bridgehead atoms. The van der Waals surface area contributed by atoms with E-state index >= 15 is 0 Å². The molecule has 0 spiro atoms. The molecule has 0 unspecified atom stereocenters. The van der Waals surface area contributed by atoms with Crippen LogP contribution in [0.2, 0.25) is 0 Å². The van der Waals surface area contributed by atoms with E-state index < -0.39 is 11.8 Å². The maximum Gasteiger partial charge on any atom is 0.252 e. The molecule has 0 saturated heterocycles. The van der Waals surface area contributed by atoms with Gasteiger partial charge in [-0.1, -0.05) is 6.07 Å². The van der Waals surface area contributed by atoms with E-state index in [1.165, 1.54) is 6.07 Å². The molecule has 0 aromatic heterocycles. The lowest BCUT2D eigenvalue weighted by atomic mass is 10.1. The van der Waals surface area contributed by atoms with Crippen molar-refractivity contribution in [3.8, 4) is 5.75 Å². The Morgan fingerprint density at radius 3 is 2.73 bits per heavy atom. The lowest BCUT2D eigenvalue weighted by Crippen LogP contribution is -2.33. The van der Waals surface area contributed by atoms with Gasteiger partial charge in [0.25, 0.3) is 5.91 Å². The second-order valence-electron chi connectivity index (χ2n) is 3.10. The predicted molar refractivity (Wildman–Crippen MR) is 54.4 cm³/mol. The van der Waals surface area contributed by atoms with Crippen LogP contribution in [-0.4, -0.2) is 23.5 Å². The molecule has 5 heteroatoms. The molecule has 5 nitrogen and oxygen atoms in total. The van der Waals surface area contributed by atoms with Gasteiger partial charge in [0.2, 0.25) is 5.91 Å². The van der Waals surface area contributed by atoms with Crippen molar-refractivity contribution in [2.45, 2.75) is 6.92 Å². The largest absolute Gasteiger partial charge is 0.508 e. The van der Waals surface area contributed by atoms with Crippen molar-refractivity contribution >= 4 is 11.8 Å². The average Bonchev–Trinajstić information content (AvgIpc) is 2.18. The summed E-state index contributed by atoms with van der Waals surface area (Å²) in [6.07, 6.45) is 0. The second kappa shape index (κ2) is 4.45. The quantitative estimate of drug-likeness (QED) is 0.648. The Balaban J connectivity index is 2.82. The number of nitrogens with two attached hydrogens (primary N) is 1. The molecule has 80 valence electrons. The van der Waals surface area contributed by atoms with E-state index in [1.54, 1.807) is 19.1 Å². The molecule has 0 radical (unpaired) electrons. The molecule has 15 heavy (non-hydrogen) atoms. The smallest absolute Gasteiger partial charge is 0.252 e. The van der Waals surface area contributed by atoms with Gasteiger partial charge in [0.05, 0.1) is 6.54 Å². The second-order valence-corrected chi connectivity index (χ2v) is 3.10. The van der Waals surface area contributed by atoms with Crippen LogP contribution in [0.15, 0.2) is 18.2 Å². The van der Waals surface area contributed by atoms with Crippen LogP contribution in [0.25, 0.3) is 0 Å². The topological polar surface area (TPSA) is 92.4 Å². The van der Waals surface area contributed by atoms with Crippen molar-refractivity contribution in [2.75, 3.05) is 6.54 Å². The van der Waals surface area contributed by atoms with Crippen LogP contribution in [0.1, 0.15) is 15.9 Å². The fraction of sp³-hybridized carbons (Fsp3) is 0.200. The van der Waals surface area contributed by atoms with E-state index in [0.717, 1.165) is 0 Å². The summed E-state index contributed by atoms with van der Waals surface area (Å²) in [6.45, 7) is 1.41. The van der Waals surface area contributed by atoms with Crippen LogP contribution < -0.4 is 11.1 Å². The van der Waals surface area contributed by atoms with Crippen molar-refractivity contribution in [1.29, 1.82) is 0 Å². The number of benzene rings is 1. The molecule has 0 aliphatic rings. The number of primary amides is 1. The first kappa shape index (κ1) is 11.0. The number of amides is 2. The van der Waals surface area contributed by atoms with Crippen molar-refractivity contribution in [2.24, 2.45) is 5.73 Å². The molecule has 0 aliphatic heterocycles. The average molecular weight is 208 g/mol. The molecule has 0 saturated carbocycles. The first-order chi connectivity index (χ1) is 7.02. The summed E-state index contributed by atoms with van der Waals surface area (Å²) < 4.78 is 0. The number of aromatic hydroxyl groups is 1. The summed E-state index contributed by atoms with van der Waals surface area (Å²) in [5.41, 5.74) is 5.69. The monoisotopic (exact) mass is 208 g/mol. The van der Waals surface area contributed by atoms with Crippen molar-refractivity contribution in [1.82, 2.24) is 5.32 Å². The zero-order chi connectivity index (χ0) is 11.4. The Morgan fingerprint density at radius 1 is 1.47 bits per heavy atom. The normalized spacial score (nSPS) is 9.67. The molecule has 1 aromatic carbocycles. The lowest BCUT2D eigenvalue weighted by Gasteiger charge is -2.07. The van der Waals surface area contributed by atoms with Crippen LogP contribution in [0.5, 0.6) is 5.75 Å². The summed E-state index contributed by atoms with van der Waals surface area (Å²) in [5, 5.41) is 11.7. The minimum atomic E-state index is -0.610. The molecular weight excluding hydrogens is 196 g/mol. The number of hydrogen-bond acceptors (Lipinski definition) is 3. The maximum absolute atomic E-state index is 11.5. The molecule has 0 heterocycles. The number of phenols is 1. The zero-order valence-electron chi connectivity index (χ0n) is 8.28. The van der Waals surface area contributed by atoms with Gasteiger partial charge in [-0.2, -0.15) is 0 Å². The molecule has 1 rings (SSSR count). The highest BCUT2D eigenvalue weighted by Crippen LogP contribution is 2.19. The van der Waals surface area contributed by atoms with Crippen LogP contribution in [0, 0.1) is 6.92 Å². The van der Waals surface area contributed by atoms with Crippen molar-refractivity contribution < 1.29 is 14.7 Å². The molecule has 2 amide bonds. The van der Waals surface area contributed by atoms with Gasteiger partial charge in [-0.3, -0.25) is 9.59 Å². The molecule has 0 aliphatic carbocycles. The molecular formula is C10H12N2O3. The van der Waals surface area contributed by atoms with Gasteiger partial charge in [0.15, 0.2) is 0 Å². The highest BCUT2D eigenvalue weighted by Gasteiger charge is 2.11. The third-order valence-corrected chi connectivity index (χ3v) is 1.97. The Hall–Kier alpha value is -2.04. The molecule has 1 aromatic rings. The van der Waals surface area contributed by atoms with Gasteiger partial charge in [0, 0.05) is 11.1 Å². The SMILES string of the molecule is Cc1c(O)cccc1C(=O)NCC(N)=O. The van der Waals surface area contributed by atoms with Gasteiger partial charge in [0.1, 0.15) is 5.75 Å². The van der Waals surface area contributed by atoms with E-state index in [4.69, 9.17) is 5.73 Å². The summed E-state index contributed by atoms with van der Waals surface area (Å²) in [7, 11) is 0. The zero-order valence-corrected chi connectivity index (χ0v) is 8.28. The number of nitrogens with one attached hydrogen (secondary N) is 1. The fourth-order valence-electron chi connectivity index (χ4n) is 1.13. The van der Waals surface area contributed by atoms with Gasteiger partial charge in [-0.25, -0.2) is 0 Å². The molecule has 0 fully saturated rings. The Bertz CT molecular complexity index is 402. The fourth-order valence-corrected chi connectivity index (χ4v) is 1.13. The number of carbonyl (C=O) groups is 2. The van der Waals surface area contributed by atoms with E-state index in [2.05, 4.69) is 5.32 Å². The summed E-state index contributed by atoms with van der Waals surface area (Å²) in [4.78, 5) is 21.9. The first-order valence-corrected chi connectivity index (χ1v) is 4.37. The van der Waals surface area contributed by atoms with E-state index in [1.807, 2.05) is 0 Å². The summed E-state index contributed by atoms with van der Waals surface area (Å²) in [5.74, 6) is -0.995. The number of phenolic OH excluding ortho intramolecular Hbond substituents is 1. The number of carbonyl (C=O) groups excluding carboxylic acids is 2. The maximum atomic E-state index is 11.5. The Kier molecular flexibility index (Phi) is 3.28. The van der Waals surface area contributed by atoms with Crippen LogP contribution >= 0.6 is 0 Å². The Morgan fingerprint density at radius 2 is 2.13 bits per heavy atom. The highest BCUT2D eigenvalue weighted by molar-refractivity contribution is 5.97. The van der Waals surface area contributed by atoms with E-state index in [-0.39, 0.29) is 12.3 Å². The molecule has 4 N–H and O–H groups in total. The highest BCUT2D eigenvalue weighted by atomic mass is 16.3. The van der Waals surface area contributed by atoms with Gasteiger partial charge >= 0.3 is 0 Å². The minimum absolute atomic E-state index is 0.0433. The van der Waals surface area contributed by atoms with E-state index in [0.29, 0.717) is 11.1 Å². The minimum Gasteiger partial charge on any atom is -0.508 e. The number of hydrogen-bond donors (Lipinski definition) is 3. The standard InChI is InChI=1S/C10H12N2O3/c1-6-7(3-2-4-8(6)13)10(15)12-5-9(11)14/h2-4,13H,5H2,1H3,(H2,11,14)(H,12,15). The predicted octanol–water partition coefficient (Wildman–Crippen LogP) is -0.0843. The first-order valence-electron chi connectivity index (χ1n) is 4.37. The van der Waals surface area contributed by atoms with Crippen molar-refractivity contribution in [3.05, 3.63) is 29.3 Å². The van der Waals surface area contributed by atoms with Crippen LogP contribution in [0.4, 0.5) is 0 Å². The van der Waals surface area contributed by atoms with Crippen LogP contribution in [-0.2, 0) is 4.79 Å². The van der Waals surface area contributed by atoms with Gasteiger partial charge < -0.3 is 16.2 Å². The third-order valence-electron chi connectivity index (χ3n) is 1.97. The summed E-state index contributed by atoms with van der Waals surface area (Å²) >= 11 is 0. The van der Waals surface area contributed by atoms with Gasteiger partial charge in [-0.15, -0.1) is 0 Å². The molecule has 0 atom stereocenters. The lowest BCUT2D eigenvalue weighted by molar-refractivity contribution is -0.117.